The van der Waals surface area contributed by atoms with Gasteiger partial charge in [0.05, 0.1) is 19.6 Å². The molecule has 3 rings (SSSR count). The van der Waals surface area contributed by atoms with E-state index in [0.717, 1.165) is 28.6 Å². The SMILES string of the molecule is CCOC(=O)[C@H]1c2[nH]c3ccccc3c2CC[C@H]1C(=O)OC. The molecule has 0 unspecified atom stereocenters. The van der Waals surface area contributed by atoms with E-state index in [9.17, 15) is 9.59 Å². The molecule has 0 radical (unpaired) electrons. The Morgan fingerprint density at radius 3 is 2.77 bits per heavy atom. The van der Waals surface area contributed by atoms with Crippen LogP contribution in [0, 0.1) is 5.92 Å². The summed E-state index contributed by atoms with van der Waals surface area (Å²) in [5.74, 6) is -1.85. The van der Waals surface area contributed by atoms with Gasteiger partial charge >= 0.3 is 11.9 Å². The average molecular weight is 301 g/mol. The van der Waals surface area contributed by atoms with E-state index in [2.05, 4.69) is 4.98 Å². The second-order valence-corrected chi connectivity index (χ2v) is 5.46. The molecule has 22 heavy (non-hydrogen) atoms. The number of esters is 2. The van der Waals surface area contributed by atoms with E-state index < -0.39 is 11.8 Å². The molecule has 0 amide bonds. The van der Waals surface area contributed by atoms with Crippen molar-refractivity contribution in [3.8, 4) is 0 Å². The zero-order chi connectivity index (χ0) is 15.7. The summed E-state index contributed by atoms with van der Waals surface area (Å²) in [5, 5.41) is 1.11. The number of aromatic amines is 1. The molecule has 0 saturated heterocycles. The van der Waals surface area contributed by atoms with Gasteiger partial charge < -0.3 is 14.5 Å². The summed E-state index contributed by atoms with van der Waals surface area (Å²) >= 11 is 0. The van der Waals surface area contributed by atoms with Gasteiger partial charge in [-0.25, -0.2) is 0 Å². The first-order valence-corrected chi connectivity index (χ1v) is 7.51. The summed E-state index contributed by atoms with van der Waals surface area (Å²) in [6, 6.07) is 7.93. The second kappa shape index (κ2) is 5.83. The highest BCUT2D eigenvalue weighted by Crippen LogP contribution is 2.40. The van der Waals surface area contributed by atoms with Gasteiger partial charge in [-0.2, -0.15) is 0 Å². The Balaban J connectivity index is 2.11. The van der Waals surface area contributed by atoms with Crippen LogP contribution in [0.5, 0.6) is 0 Å². The molecular formula is C17H19NO4. The maximum Gasteiger partial charge on any atom is 0.315 e. The minimum Gasteiger partial charge on any atom is -0.469 e. The van der Waals surface area contributed by atoms with Crippen molar-refractivity contribution in [1.29, 1.82) is 0 Å². The van der Waals surface area contributed by atoms with Gasteiger partial charge in [0, 0.05) is 16.6 Å². The highest BCUT2D eigenvalue weighted by molar-refractivity contribution is 5.92. The van der Waals surface area contributed by atoms with E-state index >= 15 is 0 Å². The van der Waals surface area contributed by atoms with E-state index in [1.165, 1.54) is 7.11 Å². The van der Waals surface area contributed by atoms with Crippen LogP contribution in [0.1, 0.15) is 30.5 Å². The van der Waals surface area contributed by atoms with Crippen LogP contribution >= 0.6 is 0 Å². The van der Waals surface area contributed by atoms with Gasteiger partial charge in [-0.05, 0) is 31.4 Å². The molecule has 1 aliphatic rings. The van der Waals surface area contributed by atoms with Crippen LogP contribution < -0.4 is 0 Å². The molecule has 1 heterocycles. The highest BCUT2D eigenvalue weighted by atomic mass is 16.5. The van der Waals surface area contributed by atoms with E-state index in [4.69, 9.17) is 9.47 Å². The average Bonchev–Trinajstić information content (AvgIpc) is 2.91. The van der Waals surface area contributed by atoms with Crippen LogP contribution in [0.4, 0.5) is 0 Å². The quantitative estimate of drug-likeness (QED) is 0.885. The summed E-state index contributed by atoms with van der Waals surface area (Å²) in [7, 11) is 1.35. The fourth-order valence-electron chi connectivity index (χ4n) is 3.34. The zero-order valence-electron chi connectivity index (χ0n) is 12.7. The van der Waals surface area contributed by atoms with Gasteiger partial charge in [0.15, 0.2) is 0 Å². The molecule has 0 aliphatic heterocycles. The number of carbonyl (C=O) groups excluding carboxylic acids is 2. The topological polar surface area (TPSA) is 68.4 Å². The smallest absolute Gasteiger partial charge is 0.315 e. The fourth-order valence-corrected chi connectivity index (χ4v) is 3.34. The number of methoxy groups -OCH3 is 1. The van der Waals surface area contributed by atoms with Crippen molar-refractivity contribution in [2.45, 2.75) is 25.7 Å². The fraction of sp³-hybridized carbons (Fsp3) is 0.412. The molecule has 0 fully saturated rings. The van der Waals surface area contributed by atoms with Crippen molar-refractivity contribution in [2.24, 2.45) is 5.92 Å². The minimum atomic E-state index is -0.622. The number of hydrogen-bond acceptors (Lipinski definition) is 4. The van der Waals surface area contributed by atoms with Crippen molar-refractivity contribution >= 4 is 22.8 Å². The maximum atomic E-state index is 12.4. The van der Waals surface area contributed by atoms with Gasteiger partial charge in [0.2, 0.25) is 0 Å². The molecule has 0 bridgehead atoms. The van der Waals surface area contributed by atoms with E-state index in [1.54, 1.807) is 6.92 Å². The number of fused-ring (bicyclic) bond motifs is 3. The molecule has 2 aromatic rings. The lowest BCUT2D eigenvalue weighted by Gasteiger charge is -2.28. The molecule has 0 spiro atoms. The number of benzene rings is 1. The first kappa shape index (κ1) is 14.6. The van der Waals surface area contributed by atoms with Crippen LogP contribution in [0.3, 0.4) is 0 Å². The van der Waals surface area contributed by atoms with Crippen molar-refractivity contribution in [2.75, 3.05) is 13.7 Å². The van der Waals surface area contributed by atoms with Crippen molar-refractivity contribution in [3.05, 3.63) is 35.5 Å². The summed E-state index contributed by atoms with van der Waals surface area (Å²) in [6.07, 6.45) is 1.33. The standard InChI is InChI=1S/C17H19NO4/c1-3-22-17(20)14-12(16(19)21-2)9-8-11-10-6-4-5-7-13(10)18-15(11)14/h4-7,12,14,18H,3,8-9H2,1-2H3/t12-,14-/m1/s1. The van der Waals surface area contributed by atoms with Gasteiger partial charge in [-0.3, -0.25) is 9.59 Å². The van der Waals surface area contributed by atoms with Crippen molar-refractivity contribution in [1.82, 2.24) is 4.98 Å². The predicted molar refractivity (Wildman–Crippen MR) is 81.5 cm³/mol. The second-order valence-electron chi connectivity index (χ2n) is 5.46. The third-order valence-corrected chi connectivity index (χ3v) is 4.31. The van der Waals surface area contributed by atoms with Crippen LogP contribution in [0.2, 0.25) is 0 Å². The number of para-hydroxylation sites is 1. The molecule has 1 N–H and O–H groups in total. The number of nitrogens with one attached hydrogen (secondary N) is 1. The lowest BCUT2D eigenvalue weighted by Crippen LogP contribution is -2.34. The number of carbonyl (C=O) groups is 2. The third kappa shape index (κ3) is 2.26. The van der Waals surface area contributed by atoms with E-state index in [0.29, 0.717) is 13.0 Å². The van der Waals surface area contributed by atoms with Crippen LogP contribution in [0.25, 0.3) is 10.9 Å². The Morgan fingerprint density at radius 1 is 1.27 bits per heavy atom. The van der Waals surface area contributed by atoms with Gasteiger partial charge in [0.25, 0.3) is 0 Å². The third-order valence-electron chi connectivity index (χ3n) is 4.31. The van der Waals surface area contributed by atoms with Crippen molar-refractivity contribution in [3.63, 3.8) is 0 Å². The normalized spacial score (nSPS) is 20.5. The maximum absolute atomic E-state index is 12.4. The Hall–Kier alpha value is -2.30. The van der Waals surface area contributed by atoms with E-state index in [-0.39, 0.29) is 11.9 Å². The summed E-state index contributed by atoms with van der Waals surface area (Å²) in [5.41, 5.74) is 2.88. The Labute approximate surface area is 128 Å². The Bertz CT molecular complexity index is 719. The van der Waals surface area contributed by atoms with Gasteiger partial charge in [-0.15, -0.1) is 0 Å². The Morgan fingerprint density at radius 2 is 2.05 bits per heavy atom. The van der Waals surface area contributed by atoms with Crippen LogP contribution in [-0.4, -0.2) is 30.6 Å². The van der Waals surface area contributed by atoms with Crippen LogP contribution in [-0.2, 0) is 25.5 Å². The minimum absolute atomic E-state index is 0.290. The summed E-state index contributed by atoms with van der Waals surface area (Å²) in [4.78, 5) is 27.8. The van der Waals surface area contributed by atoms with Gasteiger partial charge in [-0.1, -0.05) is 18.2 Å². The number of aryl methyl sites for hydroxylation is 1. The summed E-state index contributed by atoms with van der Waals surface area (Å²) < 4.78 is 10.1. The molecule has 0 saturated carbocycles. The number of aromatic nitrogens is 1. The first-order valence-electron chi connectivity index (χ1n) is 7.51. The molecule has 2 atom stereocenters. The van der Waals surface area contributed by atoms with Crippen LogP contribution in [0.15, 0.2) is 24.3 Å². The molecule has 1 aliphatic carbocycles. The largest absolute Gasteiger partial charge is 0.469 e. The van der Waals surface area contributed by atoms with Crippen molar-refractivity contribution < 1.29 is 19.1 Å². The van der Waals surface area contributed by atoms with Gasteiger partial charge in [0.1, 0.15) is 5.92 Å². The zero-order valence-corrected chi connectivity index (χ0v) is 12.7. The highest BCUT2D eigenvalue weighted by Gasteiger charge is 2.42. The lowest BCUT2D eigenvalue weighted by atomic mass is 9.78. The predicted octanol–water partition coefficient (Wildman–Crippen LogP) is 2.55. The molecule has 1 aromatic carbocycles. The Kier molecular flexibility index (Phi) is 3.88. The molecule has 5 nitrogen and oxygen atoms in total. The molecule has 1 aromatic heterocycles. The molecular weight excluding hydrogens is 282 g/mol. The number of hydrogen-bond donors (Lipinski definition) is 1. The number of H-pyrrole nitrogens is 1. The number of ether oxygens (including phenoxy) is 2. The van der Waals surface area contributed by atoms with E-state index in [1.807, 2.05) is 24.3 Å². The monoisotopic (exact) mass is 301 g/mol. The molecule has 116 valence electrons. The number of rotatable bonds is 3. The summed E-state index contributed by atoms with van der Waals surface area (Å²) in [6.45, 7) is 2.05. The molecule has 5 heteroatoms. The lowest BCUT2D eigenvalue weighted by molar-refractivity contribution is -0.156. The first-order chi connectivity index (χ1) is 10.7.